The van der Waals surface area contributed by atoms with E-state index in [9.17, 15) is 5.11 Å². The fraction of sp³-hybridized carbons (Fsp3) is 0.467. The molecule has 1 fully saturated rings. The maximum absolute atomic E-state index is 10.8. The van der Waals surface area contributed by atoms with Gasteiger partial charge in [-0.2, -0.15) is 0 Å². The van der Waals surface area contributed by atoms with Crippen molar-refractivity contribution < 1.29 is 14.6 Å². The molecular weight excluding hydrogens is 388 g/mol. The van der Waals surface area contributed by atoms with Crippen molar-refractivity contribution in [2.24, 2.45) is 11.8 Å². The van der Waals surface area contributed by atoms with Gasteiger partial charge in [-0.1, -0.05) is 62.2 Å². The summed E-state index contributed by atoms with van der Waals surface area (Å²) in [5.74, 6) is -1.15. The lowest BCUT2D eigenvalue weighted by Gasteiger charge is -2.32. The van der Waals surface area contributed by atoms with Gasteiger partial charge in [0.1, 0.15) is 0 Å². The Hall–Kier alpha value is -0.200. The molecule has 0 unspecified atom stereocenters. The van der Waals surface area contributed by atoms with Gasteiger partial charge in [-0.15, -0.1) is 0 Å². The third-order valence-corrected chi connectivity index (χ3v) is 6.91. The van der Waals surface area contributed by atoms with Gasteiger partial charge in [0.25, 0.3) is 0 Å². The Morgan fingerprint density at radius 3 is 2.05 bits per heavy atom. The summed E-state index contributed by atoms with van der Waals surface area (Å²) in [6.07, 6.45) is -0.544. The normalized spacial score (nSPS) is 34.9. The molecule has 1 N–H and O–H groups in total. The van der Waals surface area contributed by atoms with Gasteiger partial charge in [0, 0.05) is 29.1 Å². The van der Waals surface area contributed by atoms with E-state index in [2.05, 4.69) is 31.9 Å². The van der Waals surface area contributed by atoms with Gasteiger partial charge in [0.05, 0.1) is 17.9 Å². The van der Waals surface area contributed by atoms with Crippen LogP contribution >= 0.6 is 31.9 Å². The zero-order chi connectivity index (χ0) is 14.5. The van der Waals surface area contributed by atoms with Crippen molar-refractivity contribution in [2.45, 2.75) is 17.8 Å². The highest BCUT2D eigenvalue weighted by atomic mass is 79.9. The van der Waals surface area contributed by atoms with Crippen molar-refractivity contribution >= 4 is 31.9 Å². The molecule has 0 spiro atoms. The Kier molecular flexibility index (Phi) is 3.84. The topological polar surface area (TPSA) is 38.7 Å². The molecule has 20 heavy (non-hydrogen) atoms. The molecule has 0 amide bonds. The molecule has 2 bridgehead atoms. The first-order valence-electron chi connectivity index (χ1n) is 6.46. The van der Waals surface area contributed by atoms with E-state index in [4.69, 9.17) is 9.47 Å². The molecule has 0 aliphatic heterocycles. The molecule has 0 aromatic heterocycles. The first-order chi connectivity index (χ1) is 9.58. The van der Waals surface area contributed by atoms with Crippen LogP contribution in [0.4, 0.5) is 0 Å². The summed E-state index contributed by atoms with van der Waals surface area (Å²) in [6, 6.07) is 10.0. The number of methoxy groups -OCH3 is 2. The quantitative estimate of drug-likeness (QED) is 0.786. The van der Waals surface area contributed by atoms with E-state index >= 15 is 0 Å². The van der Waals surface area contributed by atoms with Crippen LogP contribution in [0.3, 0.4) is 0 Å². The number of hydrogen-bond donors (Lipinski definition) is 1. The molecule has 0 saturated heterocycles. The summed E-state index contributed by atoms with van der Waals surface area (Å²) in [6.45, 7) is 0. The third-order valence-electron chi connectivity index (χ3n) is 4.53. The van der Waals surface area contributed by atoms with Gasteiger partial charge >= 0.3 is 0 Å². The van der Waals surface area contributed by atoms with Gasteiger partial charge in [0.15, 0.2) is 5.79 Å². The van der Waals surface area contributed by atoms with Crippen molar-refractivity contribution in [2.75, 3.05) is 14.2 Å². The van der Waals surface area contributed by atoms with Crippen molar-refractivity contribution in [3.63, 3.8) is 0 Å². The molecule has 1 saturated carbocycles. The van der Waals surface area contributed by atoms with Crippen LogP contribution in [0.5, 0.6) is 0 Å². The van der Waals surface area contributed by atoms with Crippen LogP contribution in [-0.2, 0) is 9.47 Å². The first kappa shape index (κ1) is 14.7. The lowest BCUT2D eigenvalue weighted by Crippen LogP contribution is -2.42. The van der Waals surface area contributed by atoms with Crippen LogP contribution in [0.1, 0.15) is 11.5 Å². The maximum Gasteiger partial charge on any atom is 0.185 e. The monoisotopic (exact) mass is 402 g/mol. The van der Waals surface area contributed by atoms with Gasteiger partial charge in [-0.25, -0.2) is 0 Å². The number of fused-ring (bicyclic) bond motifs is 2. The predicted octanol–water partition coefficient (Wildman–Crippen LogP) is 3.38. The average Bonchev–Trinajstić information content (AvgIpc) is 2.86. The van der Waals surface area contributed by atoms with E-state index in [1.54, 1.807) is 14.2 Å². The second-order valence-corrected chi connectivity index (χ2v) is 6.92. The molecule has 2 aliphatic carbocycles. The summed E-state index contributed by atoms with van der Waals surface area (Å²) < 4.78 is 13.4. The Balaban J connectivity index is 2.13. The number of ether oxygens (including phenoxy) is 2. The van der Waals surface area contributed by atoms with Crippen molar-refractivity contribution in [1.29, 1.82) is 0 Å². The smallest absolute Gasteiger partial charge is 0.185 e. The fourth-order valence-electron chi connectivity index (χ4n) is 3.70. The van der Waals surface area contributed by atoms with Crippen LogP contribution in [-0.4, -0.2) is 31.2 Å². The number of rotatable bonds is 3. The lowest BCUT2D eigenvalue weighted by atomic mass is 9.84. The molecule has 2 aliphatic rings. The summed E-state index contributed by atoms with van der Waals surface area (Å²) in [7, 11) is 3.27. The Bertz CT molecular complexity index is 539. The zero-order valence-corrected chi connectivity index (χ0v) is 14.4. The van der Waals surface area contributed by atoms with Gasteiger partial charge in [0.2, 0.25) is 0 Å². The second-order valence-electron chi connectivity index (χ2n) is 5.21. The van der Waals surface area contributed by atoms with Gasteiger partial charge < -0.3 is 14.6 Å². The van der Waals surface area contributed by atoms with Crippen LogP contribution in [0, 0.1) is 11.8 Å². The molecule has 0 radical (unpaired) electrons. The van der Waals surface area contributed by atoms with E-state index in [1.165, 1.54) is 0 Å². The molecule has 1 aromatic carbocycles. The van der Waals surface area contributed by atoms with Crippen LogP contribution in [0.25, 0.3) is 0 Å². The van der Waals surface area contributed by atoms with Crippen molar-refractivity contribution in [3.05, 3.63) is 44.9 Å². The van der Waals surface area contributed by atoms with E-state index in [1.807, 2.05) is 30.3 Å². The molecule has 3 nitrogen and oxygen atoms in total. The molecule has 1 aromatic rings. The predicted molar refractivity (Wildman–Crippen MR) is 83.8 cm³/mol. The number of halogens is 2. The Morgan fingerprint density at radius 1 is 1.00 bits per heavy atom. The highest BCUT2D eigenvalue weighted by molar-refractivity contribution is 9.14. The third kappa shape index (κ3) is 1.74. The summed E-state index contributed by atoms with van der Waals surface area (Å²) in [5, 5.41) is 10.8. The second kappa shape index (κ2) is 5.21. The largest absolute Gasteiger partial charge is 0.392 e. The number of aliphatic hydroxyl groups excluding tert-OH is 1. The van der Waals surface area contributed by atoms with E-state index in [0.717, 1.165) is 14.5 Å². The summed E-state index contributed by atoms with van der Waals surface area (Å²) in [4.78, 5) is 0. The molecule has 0 heterocycles. The summed E-state index contributed by atoms with van der Waals surface area (Å²) in [5.41, 5.74) is 1.10. The number of hydrogen-bond acceptors (Lipinski definition) is 3. The van der Waals surface area contributed by atoms with E-state index in [0.29, 0.717) is 0 Å². The van der Waals surface area contributed by atoms with Gasteiger partial charge in [-0.05, 0) is 5.56 Å². The maximum atomic E-state index is 10.8. The molecule has 4 atom stereocenters. The minimum absolute atomic E-state index is 0.0447. The van der Waals surface area contributed by atoms with Crippen LogP contribution in [0.2, 0.25) is 0 Å². The molecule has 3 rings (SSSR count). The molecule has 5 heteroatoms. The first-order valence-corrected chi connectivity index (χ1v) is 8.05. The van der Waals surface area contributed by atoms with E-state index in [-0.39, 0.29) is 17.8 Å². The SMILES string of the molecule is COC1(OC)[C@@H]2C(Br)=C(Br)[C@H]1[C@@H](O)[C@H]2c1ccccc1. The minimum atomic E-state index is -0.822. The fourth-order valence-corrected chi connectivity index (χ4v) is 5.39. The van der Waals surface area contributed by atoms with Gasteiger partial charge in [-0.3, -0.25) is 0 Å². The van der Waals surface area contributed by atoms with Crippen molar-refractivity contribution in [1.82, 2.24) is 0 Å². The minimum Gasteiger partial charge on any atom is -0.392 e. The van der Waals surface area contributed by atoms with Crippen molar-refractivity contribution in [3.8, 4) is 0 Å². The zero-order valence-electron chi connectivity index (χ0n) is 11.2. The molecule has 108 valence electrons. The van der Waals surface area contributed by atoms with Crippen LogP contribution < -0.4 is 0 Å². The van der Waals surface area contributed by atoms with Crippen LogP contribution in [0.15, 0.2) is 39.3 Å². The molecular formula is C15H16Br2O3. The average molecular weight is 404 g/mol. The van der Waals surface area contributed by atoms with E-state index < -0.39 is 11.9 Å². The Labute approximate surface area is 135 Å². The highest BCUT2D eigenvalue weighted by Gasteiger charge is 2.68. The summed E-state index contributed by atoms with van der Waals surface area (Å²) >= 11 is 7.22. The standard InChI is InChI=1S/C15H16Br2O3/c1-19-15(20-2)10-9(8-6-4-3-5-7-8)14(18)11(15)13(17)12(10)16/h3-7,9-11,14,18H,1-2H3/t9-,10-,11-,14-/m0/s1. The Morgan fingerprint density at radius 2 is 1.55 bits per heavy atom. The lowest BCUT2D eigenvalue weighted by molar-refractivity contribution is -0.235. The number of aliphatic hydroxyl groups is 1. The highest BCUT2D eigenvalue weighted by Crippen LogP contribution is 2.65. The number of benzene rings is 1.